The topological polar surface area (TPSA) is 73.8 Å². The zero-order chi connectivity index (χ0) is 13.3. The Bertz CT molecular complexity index is 570. The molecule has 0 aliphatic rings. The van der Waals surface area contributed by atoms with Gasteiger partial charge in [-0.05, 0) is 17.0 Å². The van der Waals surface area contributed by atoms with Crippen LogP contribution in [0.1, 0.15) is 26.3 Å². The van der Waals surface area contributed by atoms with Gasteiger partial charge in [0.2, 0.25) is 0 Å². The van der Waals surface area contributed by atoms with Gasteiger partial charge in [0, 0.05) is 6.07 Å². The van der Waals surface area contributed by atoms with Crippen molar-refractivity contribution in [1.82, 2.24) is 14.8 Å². The van der Waals surface area contributed by atoms with Crippen molar-refractivity contribution in [2.24, 2.45) is 0 Å². The van der Waals surface area contributed by atoms with Crippen LogP contribution < -0.4 is 0 Å². The molecule has 0 amide bonds. The van der Waals surface area contributed by atoms with Crippen LogP contribution in [0, 0.1) is 10.1 Å². The van der Waals surface area contributed by atoms with Crippen LogP contribution in [0.3, 0.4) is 0 Å². The number of aromatic nitrogens is 3. The van der Waals surface area contributed by atoms with Gasteiger partial charge in [-0.1, -0.05) is 26.8 Å². The second-order valence-electron chi connectivity index (χ2n) is 5.05. The molecule has 0 bridgehead atoms. The Balaban J connectivity index is 2.63. The summed E-state index contributed by atoms with van der Waals surface area (Å²) >= 11 is 0. The number of benzene rings is 1. The highest BCUT2D eigenvalue weighted by atomic mass is 16.6. The van der Waals surface area contributed by atoms with E-state index in [1.54, 1.807) is 12.1 Å². The Morgan fingerprint density at radius 3 is 2.56 bits per heavy atom. The maximum absolute atomic E-state index is 11.0. The molecular weight excluding hydrogens is 232 g/mol. The van der Waals surface area contributed by atoms with Crippen molar-refractivity contribution in [3.8, 4) is 5.69 Å². The molecule has 0 saturated heterocycles. The fourth-order valence-electron chi connectivity index (χ4n) is 1.66. The molecule has 6 heteroatoms. The van der Waals surface area contributed by atoms with Crippen LogP contribution in [0.4, 0.5) is 5.69 Å². The molecule has 1 aromatic heterocycles. The Kier molecular flexibility index (Phi) is 2.86. The summed E-state index contributed by atoms with van der Waals surface area (Å²) in [6.07, 6.45) is 2.81. The van der Waals surface area contributed by atoms with Crippen LogP contribution in [0.5, 0.6) is 0 Å². The highest BCUT2D eigenvalue weighted by molar-refractivity contribution is 5.54. The molecule has 1 heterocycles. The number of hydrogen-bond acceptors (Lipinski definition) is 4. The Hall–Kier alpha value is -2.24. The molecule has 2 aromatic rings. The third-order valence-corrected chi connectivity index (χ3v) is 2.70. The number of nitro groups is 1. The SMILES string of the molecule is CC(C)(C)c1ccc([N+](=O)[O-])c(-n2cncn2)c1. The van der Waals surface area contributed by atoms with Crippen LogP contribution in [-0.2, 0) is 5.41 Å². The van der Waals surface area contributed by atoms with Crippen molar-refractivity contribution in [3.63, 3.8) is 0 Å². The van der Waals surface area contributed by atoms with Gasteiger partial charge in [0.25, 0.3) is 5.69 Å². The summed E-state index contributed by atoms with van der Waals surface area (Å²) in [6, 6.07) is 5.07. The molecule has 0 saturated carbocycles. The van der Waals surface area contributed by atoms with Crippen LogP contribution in [0.2, 0.25) is 0 Å². The van der Waals surface area contributed by atoms with Crippen LogP contribution in [-0.4, -0.2) is 19.7 Å². The van der Waals surface area contributed by atoms with Gasteiger partial charge in [0.15, 0.2) is 0 Å². The fraction of sp³-hybridized carbons (Fsp3) is 0.333. The minimum atomic E-state index is -0.413. The molecule has 0 unspecified atom stereocenters. The van der Waals surface area contributed by atoms with Crippen molar-refractivity contribution in [3.05, 3.63) is 46.5 Å². The molecule has 0 atom stereocenters. The molecule has 0 aliphatic heterocycles. The summed E-state index contributed by atoms with van der Waals surface area (Å²) in [5.41, 5.74) is 1.39. The number of nitrogens with zero attached hydrogens (tertiary/aromatic N) is 4. The van der Waals surface area contributed by atoms with E-state index >= 15 is 0 Å². The van der Waals surface area contributed by atoms with Gasteiger partial charge >= 0.3 is 0 Å². The van der Waals surface area contributed by atoms with Gasteiger partial charge in [-0.15, -0.1) is 0 Å². The highest BCUT2D eigenvalue weighted by Gasteiger charge is 2.21. The van der Waals surface area contributed by atoms with Gasteiger partial charge < -0.3 is 0 Å². The maximum Gasteiger partial charge on any atom is 0.294 e. The number of nitro benzene ring substituents is 1. The normalized spacial score (nSPS) is 11.5. The third-order valence-electron chi connectivity index (χ3n) is 2.70. The second-order valence-corrected chi connectivity index (χ2v) is 5.05. The molecule has 18 heavy (non-hydrogen) atoms. The van der Waals surface area contributed by atoms with Crippen LogP contribution in [0.25, 0.3) is 5.69 Å². The lowest BCUT2D eigenvalue weighted by Gasteiger charge is -2.19. The van der Waals surface area contributed by atoms with Gasteiger partial charge in [0.1, 0.15) is 18.3 Å². The Morgan fingerprint density at radius 2 is 2.06 bits per heavy atom. The van der Waals surface area contributed by atoms with E-state index in [2.05, 4.69) is 30.9 Å². The second kappa shape index (κ2) is 4.21. The number of rotatable bonds is 2. The predicted molar refractivity (Wildman–Crippen MR) is 66.7 cm³/mol. The van der Waals surface area contributed by atoms with E-state index < -0.39 is 4.92 Å². The van der Waals surface area contributed by atoms with E-state index in [-0.39, 0.29) is 11.1 Å². The summed E-state index contributed by atoms with van der Waals surface area (Å²) in [7, 11) is 0. The minimum Gasteiger partial charge on any atom is -0.258 e. The lowest BCUT2D eigenvalue weighted by atomic mass is 9.86. The molecule has 0 radical (unpaired) electrons. The molecular formula is C12H14N4O2. The first kappa shape index (κ1) is 12.2. The van der Waals surface area contributed by atoms with E-state index in [4.69, 9.17) is 0 Å². The first-order valence-corrected chi connectivity index (χ1v) is 5.53. The maximum atomic E-state index is 11.0. The molecule has 0 N–H and O–H groups in total. The third kappa shape index (κ3) is 2.22. The average Bonchev–Trinajstić information content (AvgIpc) is 2.80. The monoisotopic (exact) mass is 246 g/mol. The average molecular weight is 246 g/mol. The van der Waals surface area contributed by atoms with Crippen molar-refractivity contribution in [2.75, 3.05) is 0 Å². The van der Waals surface area contributed by atoms with Crippen molar-refractivity contribution in [1.29, 1.82) is 0 Å². The summed E-state index contributed by atoms with van der Waals surface area (Å²) in [5, 5.41) is 15.0. The summed E-state index contributed by atoms with van der Waals surface area (Å²) < 4.78 is 1.41. The molecule has 1 aromatic carbocycles. The summed E-state index contributed by atoms with van der Waals surface area (Å²) in [6.45, 7) is 6.16. The van der Waals surface area contributed by atoms with Crippen molar-refractivity contribution in [2.45, 2.75) is 26.2 Å². The van der Waals surface area contributed by atoms with Gasteiger partial charge in [-0.2, -0.15) is 5.10 Å². The van der Waals surface area contributed by atoms with E-state index in [0.29, 0.717) is 5.69 Å². The smallest absolute Gasteiger partial charge is 0.258 e. The zero-order valence-corrected chi connectivity index (χ0v) is 10.5. The standard InChI is InChI=1S/C12H14N4O2/c1-12(2,3)9-4-5-10(16(17)18)11(6-9)15-8-13-7-14-15/h4-8H,1-3H3. The largest absolute Gasteiger partial charge is 0.294 e. The quantitative estimate of drug-likeness (QED) is 0.602. The van der Waals surface area contributed by atoms with Crippen molar-refractivity contribution < 1.29 is 4.92 Å². The molecule has 0 aliphatic carbocycles. The molecule has 0 spiro atoms. The lowest BCUT2D eigenvalue weighted by Crippen LogP contribution is -2.12. The van der Waals surface area contributed by atoms with Gasteiger partial charge in [-0.25, -0.2) is 9.67 Å². The van der Waals surface area contributed by atoms with E-state index in [1.807, 2.05) is 0 Å². The highest BCUT2D eigenvalue weighted by Crippen LogP contribution is 2.29. The Labute approximate surface area is 104 Å². The van der Waals surface area contributed by atoms with E-state index in [1.165, 1.54) is 23.4 Å². The lowest BCUT2D eigenvalue weighted by molar-refractivity contribution is -0.384. The fourth-order valence-corrected chi connectivity index (χ4v) is 1.66. The Morgan fingerprint density at radius 1 is 1.33 bits per heavy atom. The van der Waals surface area contributed by atoms with Crippen LogP contribution >= 0.6 is 0 Å². The summed E-state index contributed by atoms with van der Waals surface area (Å²) in [5.74, 6) is 0. The first-order chi connectivity index (χ1) is 8.39. The number of hydrogen-bond donors (Lipinski definition) is 0. The van der Waals surface area contributed by atoms with E-state index in [0.717, 1.165) is 5.56 Å². The minimum absolute atomic E-state index is 0.0218. The first-order valence-electron chi connectivity index (χ1n) is 5.53. The molecule has 2 rings (SSSR count). The van der Waals surface area contributed by atoms with Gasteiger partial charge in [0.05, 0.1) is 4.92 Å². The van der Waals surface area contributed by atoms with Crippen molar-refractivity contribution >= 4 is 5.69 Å². The summed E-state index contributed by atoms with van der Waals surface area (Å²) in [4.78, 5) is 14.4. The van der Waals surface area contributed by atoms with E-state index in [9.17, 15) is 10.1 Å². The predicted octanol–water partition coefficient (Wildman–Crippen LogP) is 2.47. The zero-order valence-electron chi connectivity index (χ0n) is 10.5. The molecule has 94 valence electrons. The van der Waals surface area contributed by atoms with Gasteiger partial charge in [-0.3, -0.25) is 10.1 Å². The van der Waals surface area contributed by atoms with Crippen LogP contribution in [0.15, 0.2) is 30.9 Å². The molecule has 0 fully saturated rings. The molecule has 6 nitrogen and oxygen atoms in total.